The molecule has 17 heavy (non-hydrogen) atoms. The molecule has 0 saturated heterocycles. The summed E-state index contributed by atoms with van der Waals surface area (Å²) in [7, 11) is 0. The minimum atomic E-state index is 0.550. The summed E-state index contributed by atoms with van der Waals surface area (Å²) in [5.41, 5.74) is 2.45. The largest absolute Gasteiger partial charge is 0.368 e. The van der Waals surface area contributed by atoms with Gasteiger partial charge in [0.2, 0.25) is 0 Å². The molecule has 1 aliphatic carbocycles. The molecule has 0 spiro atoms. The van der Waals surface area contributed by atoms with Crippen LogP contribution < -0.4 is 4.90 Å². The number of alkyl halides is 1. The molecular formula is C14H21ClN2. The Kier molecular flexibility index (Phi) is 4.27. The minimum absolute atomic E-state index is 0.550. The van der Waals surface area contributed by atoms with Crippen molar-refractivity contribution in [2.24, 2.45) is 5.92 Å². The van der Waals surface area contributed by atoms with Crippen LogP contribution in [0.4, 0.5) is 5.69 Å². The molecule has 1 fully saturated rings. The number of rotatable bonds is 6. The summed E-state index contributed by atoms with van der Waals surface area (Å²) in [6.07, 6.45) is 7.65. The summed E-state index contributed by atoms with van der Waals surface area (Å²) in [4.78, 5) is 6.69. The van der Waals surface area contributed by atoms with E-state index in [1.54, 1.807) is 0 Å². The van der Waals surface area contributed by atoms with Crippen LogP contribution in [-0.2, 0) is 5.88 Å². The molecule has 1 heterocycles. The van der Waals surface area contributed by atoms with E-state index in [2.05, 4.69) is 29.8 Å². The van der Waals surface area contributed by atoms with E-state index in [4.69, 9.17) is 11.6 Å². The smallest absolute Gasteiger partial charge is 0.0509 e. The molecule has 1 saturated carbocycles. The summed E-state index contributed by atoms with van der Waals surface area (Å²) in [6.45, 7) is 5.69. The lowest BCUT2D eigenvalue weighted by molar-refractivity contribution is 0.570. The Morgan fingerprint density at radius 2 is 2.24 bits per heavy atom. The van der Waals surface area contributed by atoms with Crippen LogP contribution in [0.1, 0.15) is 38.7 Å². The summed E-state index contributed by atoms with van der Waals surface area (Å²) < 4.78 is 0. The van der Waals surface area contributed by atoms with Crippen molar-refractivity contribution in [2.45, 2.75) is 45.0 Å². The highest BCUT2D eigenvalue weighted by atomic mass is 35.5. The van der Waals surface area contributed by atoms with Crippen molar-refractivity contribution in [1.82, 2.24) is 4.98 Å². The number of hydrogen-bond donors (Lipinski definition) is 0. The molecule has 2 rings (SSSR count). The number of anilines is 1. The second-order valence-electron chi connectivity index (χ2n) is 5.25. The van der Waals surface area contributed by atoms with Gasteiger partial charge in [-0.2, -0.15) is 0 Å². The van der Waals surface area contributed by atoms with Gasteiger partial charge in [-0.05, 0) is 31.2 Å². The van der Waals surface area contributed by atoms with Gasteiger partial charge in [-0.15, -0.1) is 11.6 Å². The number of halogens is 1. The van der Waals surface area contributed by atoms with Gasteiger partial charge in [-0.25, -0.2) is 0 Å². The van der Waals surface area contributed by atoms with Gasteiger partial charge in [0.15, 0.2) is 0 Å². The third kappa shape index (κ3) is 3.35. The van der Waals surface area contributed by atoms with E-state index in [0.29, 0.717) is 5.88 Å². The molecule has 3 heteroatoms. The van der Waals surface area contributed by atoms with E-state index >= 15 is 0 Å². The molecule has 1 aliphatic rings. The fourth-order valence-electron chi connectivity index (χ4n) is 2.09. The Morgan fingerprint density at radius 3 is 2.82 bits per heavy atom. The molecule has 0 bridgehead atoms. The van der Waals surface area contributed by atoms with Crippen LogP contribution >= 0.6 is 11.6 Å². The quantitative estimate of drug-likeness (QED) is 0.716. The third-order valence-corrected chi connectivity index (χ3v) is 3.55. The van der Waals surface area contributed by atoms with Gasteiger partial charge in [0, 0.05) is 36.2 Å². The number of pyridine rings is 1. The highest BCUT2D eigenvalue weighted by Crippen LogP contribution is 2.34. The molecule has 1 aromatic heterocycles. The molecule has 0 atom stereocenters. The second kappa shape index (κ2) is 5.72. The van der Waals surface area contributed by atoms with Crippen molar-refractivity contribution in [3.05, 3.63) is 24.0 Å². The lowest BCUT2D eigenvalue weighted by atomic mass is 10.1. The Hall–Kier alpha value is -0.760. The van der Waals surface area contributed by atoms with Crippen molar-refractivity contribution < 1.29 is 0 Å². The molecule has 1 aromatic rings. The zero-order valence-electron chi connectivity index (χ0n) is 10.7. The van der Waals surface area contributed by atoms with Crippen molar-refractivity contribution >= 4 is 17.3 Å². The molecule has 0 amide bonds. The lowest BCUT2D eigenvalue weighted by Gasteiger charge is -2.27. The highest BCUT2D eigenvalue weighted by molar-refractivity contribution is 6.17. The van der Waals surface area contributed by atoms with Gasteiger partial charge in [0.05, 0.1) is 5.88 Å². The van der Waals surface area contributed by atoms with Crippen LogP contribution in [0, 0.1) is 5.92 Å². The Morgan fingerprint density at radius 1 is 1.47 bits per heavy atom. The maximum absolute atomic E-state index is 6.00. The second-order valence-corrected chi connectivity index (χ2v) is 5.51. The van der Waals surface area contributed by atoms with Gasteiger partial charge in [0.25, 0.3) is 0 Å². The molecule has 0 aliphatic heterocycles. The van der Waals surface area contributed by atoms with Crippen molar-refractivity contribution in [3.63, 3.8) is 0 Å². The van der Waals surface area contributed by atoms with Crippen LogP contribution in [0.2, 0.25) is 0 Å². The first-order chi connectivity index (χ1) is 8.22. The van der Waals surface area contributed by atoms with E-state index < -0.39 is 0 Å². The van der Waals surface area contributed by atoms with Gasteiger partial charge >= 0.3 is 0 Å². The predicted molar refractivity (Wildman–Crippen MR) is 73.6 cm³/mol. The molecule has 0 aromatic carbocycles. The predicted octanol–water partition coefficient (Wildman–Crippen LogP) is 3.84. The Labute approximate surface area is 109 Å². The van der Waals surface area contributed by atoms with Gasteiger partial charge in [-0.3, -0.25) is 4.98 Å². The summed E-state index contributed by atoms with van der Waals surface area (Å²) in [6, 6.07) is 2.84. The summed E-state index contributed by atoms with van der Waals surface area (Å²) >= 11 is 6.00. The van der Waals surface area contributed by atoms with E-state index in [1.165, 1.54) is 24.9 Å². The SMILES string of the molecule is CC(C)CCN(c1ccncc1CCl)C1CC1. The van der Waals surface area contributed by atoms with Gasteiger partial charge in [-0.1, -0.05) is 13.8 Å². The zero-order valence-corrected chi connectivity index (χ0v) is 11.5. The first-order valence-electron chi connectivity index (χ1n) is 6.48. The van der Waals surface area contributed by atoms with E-state index in [0.717, 1.165) is 24.1 Å². The summed E-state index contributed by atoms with van der Waals surface area (Å²) in [5.74, 6) is 1.30. The standard InChI is InChI=1S/C14H21ClN2/c1-11(2)6-8-17(13-3-4-13)14-5-7-16-10-12(14)9-15/h5,7,10-11,13H,3-4,6,8-9H2,1-2H3. The van der Waals surface area contributed by atoms with Crippen molar-refractivity contribution in [1.29, 1.82) is 0 Å². The summed E-state index contributed by atoms with van der Waals surface area (Å²) in [5, 5.41) is 0. The van der Waals surface area contributed by atoms with Crippen molar-refractivity contribution in [3.8, 4) is 0 Å². The first-order valence-corrected chi connectivity index (χ1v) is 7.01. The highest BCUT2D eigenvalue weighted by Gasteiger charge is 2.30. The number of aromatic nitrogens is 1. The number of nitrogens with zero attached hydrogens (tertiary/aromatic N) is 2. The monoisotopic (exact) mass is 252 g/mol. The van der Waals surface area contributed by atoms with E-state index in [9.17, 15) is 0 Å². The van der Waals surface area contributed by atoms with Crippen LogP contribution in [0.5, 0.6) is 0 Å². The van der Waals surface area contributed by atoms with Crippen LogP contribution in [-0.4, -0.2) is 17.6 Å². The molecule has 2 nitrogen and oxygen atoms in total. The normalized spacial score (nSPS) is 15.3. The van der Waals surface area contributed by atoms with Gasteiger partial charge < -0.3 is 4.90 Å². The van der Waals surface area contributed by atoms with Crippen LogP contribution in [0.15, 0.2) is 18.5 Å². The van der Waals surface area contributed by atoms with Crippen LogP contribution in [0.3, 0.4) is 0 Å². The maximum Gasteiger partial charge on any atom is 0.0509 e. The fourth-order valence-corrected chi connectivity index (χ4v) is 2.29. The molecule has 94 valence electrons. The average Bonchev–Trinajstić information content (AvgIpc) is 3.14. The Balaban J connectivity index is 2.14. The van der Waals surface area contributed by atoms with Crippen LogP contribution in [0.25, 0.3) is 0 Å². The van der Waals surface area contributed by atoms with Crippen molar-refractivity contribution in [2.75, 3.05) is 11.4 Å². The van der Waals surface area contributed by atoms with Gasteiger partial charge in [0.1, 0.15) is 0 Å². The zero-order chi connectivity index (χ0) is 12.3. The minimum Gasteiger partial charge on any atom is -0.368 e. The Bertz CT molecular complexity index is 361. The maximum atomic E-state index is 6.00. The molecule has 0 radical (unpaired) electrons. The molecule has 0 unspecified atom stereocenters. The fraction of sp³-hybridized carbons (Fsp3) is 0.643. The third-order valence-electron chi connectivity index (χ3n) is 3.27. The molecular weight excluding hydrogens is 232 g/mol. The average molecular weight is 253 g/mol. The van der Waals surface area contributed by atoms with E-state index in [-0.39, 0.29) is 0 Å². The molecule has 0 N–H and O–H groups in total. The first kappa shape index (κ1) is 12.7. The topological polar surface area (TPSA) is 16.1 Å². The van der Waals surface area contributed by atoms with E-state index in [1.807, 2.05) is 12.4 Å². The number of hydrogen-bond acceptors (Lipinski definition) is 2. The lowest BCUT2D eigenvalue weighted by Crippen LogP contribution is -2.28.